The number of halogens is 1. The van der Waals surface area contributed by atoms with E-state index in [1.165, 1.54) is 18.9 Å². The third kappa shape index (κ3) is 2.43. The Hall–Kier alpha value is -1.68. The summed E-state index contributed by atoms with van der Waals surface area (Å²) in [6.45, 7) is 2.69. The number of rotatable bonds is 4. The first-order valence-electron chi connectivity index (χ1n) is 6.26. The number of hydrogen-bond donors (Lipinski definition) is 1. The van der Waals surface area contributed by atoms with Crippen LogP contribution in [0.15, 0.2) is 30.6 Å². The van der Waals surface area contributed by atoms with Gasteiger partial charge >= 0.3 is 0 Å². The van der Waals surface area contributed by atoms with Gasteiger partial charge in [-0.3, -0.25) is 0 Å². The maximum atomic E-state index is 13.4. The second-order valence-electron chi connectivity index (χ2n) is 4.89. The highest BCUT2D eigenvalue weighted by atomic mass is 19.1. The lowest BCUT2D eigenvalue weighted by Crippen LogP contribution is -2.17. The van der Waals surface area contributed by atoms with Crippen molar-refractivity contribution >= 4 is 0 Å². The molecule has 1 aliphatic carbocycles. The van der Waals surface area contributed by atoms with E-state index in [1.54, 1.807) is 23.0 Å². The number of aryl methyl sites for hydroxylation is 1. The van der Waals surface area contributed by atoms with E-state index in [4.69, 9.17) is 0 Å². The number of nitrogens with one attached hydrogen (secondary N) is 1. The number of benzene rings is 1. The van der Waals surface area contributed by atoms with Crippen molar-refractivity contribution in [1.82, 2.24) is 15.1 Å². The Morgan fingerprint density at radius 3 is 2.94 bits per heavy atom. The number of nitrogens with zero attached hydrogens (tertiary/aromatic N) is 2. The van der Waals surface area contributed by atoms with Crippen LogP contribution in [0.25, 0.3) is 5.69 Å². The van der Waals surface area contributed by atoms with Crippen LogP contribution in [0.3, 0.4) is 0 Å². The summed E-state index contributed by atoms with van der Waals surface area (Å²) in [5.41, 5.74) is 2.99. The molecule has 4 heteroatoms. The van der Waals surface area contributed by atoms with Gasteiger partial charge in [-0.25, -0.2) is 9.07 Å². The smallest absolute Gasteiger partial charge is 0.123 e. The third-order valence-corrected chi connectivity index (χ3v) is 3.16. The third-order valence-electron chi connectivity index (χ3n) is 3.16. The molecular weight excluding hydrogens is 229 g/mol. The highest BCUT2D eigenvalue weighted by molar-refractivity contribution is 5.41. The van der Waals surface area contributed by atoms with Crippen LogP contribution < -0.4 is 5.32 Å². The molecule has 1 heterocycles. The molecule has 0 spiro atoms. The molecule has 1 aromatic heterocycles. The van der Waals surface area contributed by atoms with E-state index in [9.17, 15) is 4.39 Å². The second-order valence-corrected chi connectivity index (χ2v) is 4.89. The zero-order chi connectivity index (χ0) is 12.5. The lowest BCUT2D eigenvalue weighted by molar-refractivity contribution is 0.617. The standard InChI is InChI=1S/C14H16FN3/c1-10-7-17-18(9-10)14-5-2-12(15)6-11(14)8-16-13-3-4-13/h2,5-7,9,13,16H,3-4,8H2,1H3. The van der Waals surface area contributed by atoms with Gasteiger partial charge in [-0.15, -0.1) is 0 Å². The number of aromatic nitrogens is 2. The molecule has 2 aromatic rings. The molecule has 94 valence electrons. The van der Waals surface area contributed by atoms with Gasteiger partial charge in [0.1, 0.15) is 5.82 Å². The monoisotopic (exact) mass is 245 g/mol. The first kappa shape index (κ1) is 11.4. The Morgan fingerprint density at radius 2 is 2.28 bits per heavy atom. The summed E-state index contributed by atoms with van der Waals surface area (Å²) >= 11 is 0. The first-order valence-corrected chi connectivity index (χ1v) is 6.26. The summed E-state index contributed by atoms with van der Waals surface area (Å²) in [4.78, 5) is 0. The Morgan fingerprint density at radius 1 is 1.44 bits per heavy atom. The van der Waals surface area contributed by atoms with Crippen molar-refractivity contribution in [2.75, 3.05) is 0 Å². The molecule has 0 unspecified atom stereocenters. The van der Waals surface area contributed by atoms with Crippen LogP contribution >= 0.6 is 0 Å². The predicted molar refractivity (Wildman–Crippen MR) is 68.1 cm³/mol. The van der Waals surface area contributed by atoms with Gasteiger partial charge in [0.05, 0.1) is 11.9 Å². The molecule has 3 rings (SSSR count). The van der Waals surface area contributed by atoms with Gasteiger partial charge in [-0.2, -0.15) is 5.10 Å². The zero-order valence-electron chi connectivity index (χ0n) is 10.4. The van der Waals surface area contributed by atoms with Crippen LogP contribution in [0.1, 0.15) is 24.0 Å². The molecule has 1 aromatic carbocycles. The Balaban J connectivity index is 1.91. The molecule has 1 N–H and O–H groups in total. The molecule has 1 saturated carbocycles. The lowest BCUT2D eigenvalue weighted by Gasteiger charge is -2.10. The van der Waals surface area contributed by atoms with Crippen LogP contribution in [0.4, 0.5) is 4.39 Å². The molecule has 1 aliphatic rings. The Kier molecular flexibility index (Phi) is 2.88. The van der Waals surface area contributed by atoms with E-state index in [0.717, 1.165) is 16.8 Å². The van der Waals surface area contributed by atoms with E-state index in [1.807, 2.05) is 13.1 Å². The SMILES string of the molecule is Cc1cnn(-c2ccc(F)cc2CNC2CC2)c1. The summed E-state index contributed by atoms with van der Waals surface area (Å²) < 4.78 is 15.2. The highest BCUT2D eigenvalue weighted by Crippen LogP contribution is 2.21. The van der Waals surface area contributed by atoms with Crippen LogP contribution in [-0.4, -0.2) is 15.8 Å². The Bertz CT molecular complexity index is 558. The maximum absolute atomic E-state index is 13.4. The van der Waals surface area contributed by atoms with Crippen molar-refractivity contribution in [2.24, 2.45) is 0 Å². The van der Waals surface area contributed by atoms with E-state index in [2.05, 4.69) is 10.4 Å². The molecule has 0 atom stereocenters. The largest absolute Gasteiger partial charge is 0.310 e. The van der Waals surface area contributed by atoms with Crippen LogP contribution in [0, 0.1) is 12.7 Å². The lowest BCUT2D eigenvalue weighted by atomic mass is 10.1. The molecule has 0 radical (unpaired) electrons. The molecule has 1 fully saturated rings. The van der Waals surface area contributed by atoms with Crippen molar-refractivity contribution in [3.63, 3.8) is 0 Å². The van der Waals surface area contributed by atoms with E-state index in [0.29, 0.717) is 12.6 Å². The summed E-state index contributed by atoms with van der Waals surface area (Å²) in [6.07, 6.45) is 6.21. The van der Waals surface area contributed by atoms with Crippen LogP contribution in [0.5, 0.6) is 0 Å². The number of hydrogen-bond acceptors (Lipinski definition) is 2. The van der Waals surface area contributed by atoms with E-state index >= 15 is 0 Å². The second kappa shape index (κ2) is 4.53. The van der Waals surface area contributed by atoms with Gasteiger partial charge in [0, 0.05) is 18.8 Å². The van der Waals surface area contributed by atoms with E-state index in [-0.39, 0.29) is 5.82 Å². The Labute approximate surface area is 106 Å². The van der Waals surface area contributed by atoms with Crippen molar-refractivity contribution < 1.29 is 4.39 Å². The molecule has 0 aliphatic heterocycles. The molecule has 0 saturated heterocycles. The topological polar surface area (TPSA) is 29.9 Å². The first-order chi connectivity index (χ1) is 8.72. The molecular formula is C14H16FN3. The summed E-state index contributed by atoms with van der Waals surface area (Å²) in [5, 5.41) is 7.69. The van der Waals surface area contributed by atoms with Gasteiger partial charge in [0.25, 0.3) is 0 Å². The van der Waals surface area contributed by atoms with Crippen molar-refractivity contribution in [3.8, 4) is 5.69 Å². The van der Waals surface area contributed by atoms with Gasteiger partial charge in [0.2, 0.25) is 0 Å². The predicted octanol–water partition coefficient (Wildman–Crippen LogP) is 2.57. The molecule has 0 amide bonds. The summed E-state index contributed by atoms with van der Waals surface area (Å²) in [7, 11) is 0. The summed E-state index contributed by atoms with van der Waals surface area (Å²) in [5.74, 6) is -0.199. The normalized spacial score (nSPS) is 15.0. The van der Waals surface area contributed by atoms with Gasteiger partial charge in [-0.05, 0) is 49.1 Å². The molecule has 18 heavy (non-hydrogen) atoms. The van der Waals surface area contributed by atoms with E-state index < -0.39 is 0 Å². The fraction of sp³-hybridized carbons (Fsp3) is 0.357. The van der Waals surface area contributed by atoms with Crippen LogP contribution in [0.2, 0.25) is 0 Å². The molecule has 3 nitrogen and oxygen atoms in total. The minimum Gasteiger partial charge on any atom is -0.310 e. The van der Waals surface area contributed by atoms with Gasteiger partial charge < -0.3 is 5.32 Å². The maximum Gasteiger partial charge on any atom is 0.123 e. The summed E-state index contributed by atoms with van der Waals surface area (Å²) in [6, 6.07) is 5.46. The van der Waals surface area contributed by atoms with Crippen LogP contribution in [-0.2, 0) is 6.54 Å². The molecule has 0 bridgehead atoms. The van der Waals surface area contributed by atoms with Gasteiger partial charge in [-0.1, -0.05) is 0 Å². The fourth-order valence-corrected chi connectivity index (χ4v) is 2.01. The average Bonchev–Trinajstić information content (AvgIpc) is 3.08. The van der Waals surface area contributed by atoms with Crippen molar-refractivity contribution in [1.29, 1.82) is 0 Å². The minimum absolute atomic E-state index is 0.199. The highest BCUT2D eigenvalue weighted by Gasteiger charge is 2.20. The van der Waals surface area contributed by atoms with Crippen molar-refractivity contribution in [2.45, 2.75) is 32.4 Å². The zero-order valence-corrected chi connectivity index (χ0v) is 10.4. The minimum atomic E-state index is -0.199. The quantitative estimate of drug-likeness (QED) is 0.897. The average molecular weight is 245 g/mol. The van der Waals surface area contributed by atoms with Crippen molar-refractivity contribution in [3.05, 3.63) is 47.5 Å². The fourth-order valence-electron chi connectivity index (χ4n) is 2.01. The van der Waals surface area contributed by atoms with Gasteiger partial charge in [0.15, 0.2) is 0 Å².